The highest BCUT2D eigenvalue weighted by atomic mass is 32.2. The van der Waals surface area contributed by atoms with Crippen LogP contribution in [0.25, 0.3) is 10.9 Å². The first kappa shape index (κ1) is 20.5. The van der Waals surface area contributed by atoms with Crippen LogP contribution in [-0.2, 0) is 10.0 Å². The quantitative estimate of drug-likeness (QED) is 0.721. The summed E-state index contributed by atoms with van der Waals surface area (Å²) < 4.78 is 27.5. The molecule has 0 saturated carbocycles. The number of aromatic nitrogens is 1. The van der Waals surface area contributed by atoms with Gasteiger partial charge in [-0.1, -0.05) is 20.3 Å². The van der Waals surface area contributed by atoms with Crippen molar-refractivity contribution < 1.29 is 13.2 Å². The van der Waals surface area contributed by atoms with E-state index in [4.69, 9.17) is 0 Å². The summed E-state index contributed by atoms with van der Waals surface area (Å²) in [6.45, 7) is 5.52. The number of fused-ring (bicyclic) bond motifs is 1. The molecule has 28 heavy (non-hydrogen) atoms. The predicted molar refractivity (Wildman–Crippen MR) is 109 cm³/mol. The summed E-state index contributed by atoms with van der Waals surface area (Å²) in [6.07, 6.45) is 4.99. The Hall–Kier alpha value is -2.19. The van der Waals surface area contributed by atoms with Gasteiger partial charge in [0.1, 0.15) is 5.56 Å². The van der Waals surface area contributed by atoms with E-state index in [1.54, 1.807) is 6.07 Å². The summed E-state index contributed by atoms with van der Waals surface area (Å²) in [4.78, 5) is 28.1. The number of benzene rings is 1. The van der Waals surface area contributed by atoms with Crippen LogP contribution in [0.5, 0.6) is 0 Å². The Morgan fingerprint density at radius 2 is 2.14 bits per heavy atom. The molecule has 1 aromatic carbocycles. The second kappa shape index (κ2) is 8.45. The van der Waals surface area contributed by atoms with Crippen molar-refractivity contribution in [2.45, 2.75) is 44.4 Å². The number of nitrogens with one attached hydrogen (secondary N) is 2. The molecule has 1 aliphatic rings. The molecule has 2 aromatic rings. The topological polar surface area (TPSA) is 99.3 Å². The number of hydrogen-bond donors (Lipinski definition) is 2. The minimum absolute atomic E-state index is 0.00949. The molecule has 0 bridgehead atoms. The summed E-state index contributed by atoms with van der Waals surface area (Å²) in [5.41, 5.74) is 0.0256. The first-order chi connectivity index (χ1) is 13.3. The van der Waals surface area contributed by atoms with E-state index >= 15 is 0 Å². The highest BCUT2D eigenvalue weighted by Gasteiger charge is 2.29. The van der Waals surface area contributed by atoms with E-state index in [0.717, 1.165) is 25.7 Å². The zero-order valence-corrected chi connectivity index (χ0v) is 17.1. The molecule has 1 aromatic heterocycles. The molecule has 0 radical (unpaired) electrons. The number of nitrogens with zero attached hydrogens (tertiary/aromatic N) is 1. The highest BCUT2D eigenvalue weighted by molar-refractivity contribution is 7.89. The fraction of sp³-hybridized carbons (Fsp3) is 0.500. The zero-order chi connectivity index (χ0) is 20.3. The van der Waals surface area contributed by atoms with Crippen molar-refractivity contribution in [3.05, 3.63) is 40.2 Å². The maximum atomic E-state index is 13.0. The Morgan fingerprint density at radius 3 is 2.86 bits per heavy atom. The maximum Gasteiger partial charge on any atom is 0.256 e. The molecule has 2 N–H and O–H groups in total. The number of rotatable bonds is 6. The van der Waals surface area contributed by atoms with Crippen molar-refractivity contribution in [2.75, 3.05) is 19.6 Å². The second-order valence-electron chi connectivity index (χ2n) is 7.46. The molecular weight excluding hydrogens is 378 g/mol. The number of unbranched alkanes of at least 4 members (excludes halogenated alkanes) is 1. The van der Waals surface area contributed by atoms with Crippen LogP contribution in [0, 0.1) is 5.92 Å². The lowest BCUT2D eigenvalue weighted by atomic mass is 10.0. The van der Waals surface area contributed by atoms with E-state index in [1.165, 1.54) is 22.6 Å². The van der Waals surface area contributed by atoms with Crippen molar-refractivity contribution >= 4 is 26.8 Å². The van der Waals surface area contributed by atoms with Crippen molar-refractivity contribution in [2.24, 2.45) is 5.92 Å². The van der Waals surface area contributed by atoms with Gasteiger partial charge in [0.25, 0.3) is 5.91 Å². The Morgan fingerprint density at radius 1 is 1.36 bits per heavy atom. The van der Waals surface area contributed by atoms with Gasteiger partial charge in [-0.25, -0.2) is 8.42 Å². The van der Waals surface area contributed by atoms with Gasteiger partial charge in [0.05, 0.1) is 4.90 Å². The van der Waals surface area contributed by atoms with Gasteiger partial charge in [-0.2, -0.15) is 4.31 Å². The molecule has 1 atom stereocenters. The van der Waals surface area contributed by atoms with Crippen molar-refractivity contribution in [3.63, 3.8) is 0 Å². The molecule has 1 amide bonds. The number of hydrogen-bond acceptors (Lipinski definition) is 4. The van der Waals surface area contributed by atoms with Crippen LogP contribution in [0.1, 0.15) is 49.9 Å². The number of pyridine rings is 1. The van der Waals surface area contributed by atoms with Gasteiger partial charge < -0.3 is 10.3 Å². The maximum absolute atomic E-state index is 13.0. The summed E-state index contributed by atoms with van der Waals surface area (Å²) in [6, 6.07) is 4.47. The SMILES string of the molecule is CCCCNC(=O)c1c[nH]c2ccc(S(=O)(=O)N3CCC[C@@H](C)C3)cc2c1=O. The average molecular weight is 406 g/mol. The third-order valence-electron chi connectivity index (χ3n) is 5.17. The molecule has 0 unspecified atom stereocenters. The fourth-order valence-electron chi connectivity index (χ4n) is 3.51. The lowest BCUT2D eigenvalue weighted by Gasteiger charge is -2.30. The largest absolute Gasteiger partial charge is 0.360 e. The second-order valence-corrected chi connectivity index (χ2v) is 9.40. The van der Waals surface area contributed by atoms with Crippen LogP contribution in [0.3, 0.4) is 0 Å². The molecule has 2 heterocycles. The number of amides is 1. The number of carbonyl (C=O) groups is 1. The Balaban J connectivity index is 1.97. The number of aromatic amines is 1. The van der Waals surface area contributed by atoms with Crippen molar-refractivity contribution in [3.8, 4) is 0 Å². The smallest absolute Gasteiger partial charge is 0.256 e. The molecule has 1 aliphatic heterocycles. The minimum atomic E-state index is -3.67. The van der Waals surface area contributed by atoms with Crippen LogP contribution < -0.4 is 10.7 Å². The van der Waals surface area contributed by atoms with E-state index in [1.807, 2.05) is 13.8 Å². The van der Waals surface area contributed by atoms with Gasteiger partial charge in [0.2, 0.25) is 15.5 Å². The molecule has 3 rings (SSSR count). The van der Waals surface area contributed by atoms with Gasteiger partial charge in [-0.05, 0) is 43.4 Å². The van der Waals surface area contributed by atoms with E-state index in [0.29, 0.717) is 31.1 Å². The van der Waals surface area contributed by atoms with Gasteiger partial charge in [0, 0.05) is 36.7 Å². The minimum Gasteiger partial charge on any atom is -0.360 e. The Bertz CT molecular complexity index is 1030. The van der Waals surface area contributed by atoms with Crippen LogP contribution in [0.2, 0.25) is 0 Å². The van der Waals surface area contributed by atoms with Gasteiger partial charge >= 0.3 is 0 Å². The summed E-state index contributed by atoms with van der Waals surface area (Å²) >= 11 is 0. The van der Waals surface area contributed by atoms with Crippen LogP contribution >= 0.6 is 0 Å². The monoisotopic (exact) mass is 405 g/mol. The molecular formula is C20H27N3O4S. The number of sulfonamides is 1. The number of carbonyl (C=O) groups excluding carboxylic acids is 1. The van der Waals surface area contributed by atoms with Crippen LogP contribution in [0.15, 0.2) is 34.1 Å². The van der Waals surface area contributed by atoms with E-state index < -0.39 is 21.4 Å². The molecule has 7 nitrogen and oxygen atoms in total. The molecule has 1 fully saturated rings. The van der Waals surface area contributed by atoms with Crippen LogP contribution in [-0.4, -0.2) is 43.2 Å². The first-order valence-corrected chi connectivity index (χ1v) is 11.2. The van der Waals surface area contributed by atoms with Gasteiger partial charge in [0.15, 0.2) is 0 Å². The number of H-pyrrole nitrogens is 1. The summed E-state index contributed by atoms with van der Waals surface area (Å²) in [7, 11) is -3.67. The Labute approximate surface area is 165 Å². The van der Waals surface area contributed by atoms with Gasteiger partial charge in [-0.15, -0.1) is 0 Å². The molecule has 0 spiro atoms. The van der Waals surface area contributed by atoms with Crippen molar-refractivity contribution in [1.29, 1.82) is 0 Å². The Kier molecular flexibility index (Phi) is 6.20. The summed E-state index contributed by atoms with van der Waals surface area (Å²) in [5, 5.41) is 2.92. The fourth-order valence-corrected chi connectivity index (χ4v) is 5.14. The van der Waals surface area contributed by atoms with Crippen molar-refractivity contribution in [1.82, 2.24) is 14.6 Å². The summed E-state index contributed by atoms with van der Waals surface area (Å²) in [5.74, 6) is -0.138. The highest BCUT2D eigenvalue weighted by Crippen LogP contribution is 2.24. The lowest BCUT2D eigenvalue weighted by molar-refractivity contribution is 0.0952. The average Bonchev–Trinajstić information content (AvgIpc) is 2.68. The third-order valence-corrected chi connectivity index (χ3v) is 7.03. The lowest BCUT2D eigenvalue weighted by Crippen LogP contribution is -2.39. The molecule has 152 valence electrons. The molecule has 8 heteroatoms. The third kappa shape index (κ3) is 4.12. The number of piperidine rings is 1. The zero-order valence-electron chi connectivity index (χ0n) is 16.3. The molecule has 1 saturated heterocycles. The van der Waals surface area contributed by atoms with E-state index in [-0.39, 0.29) is 15.8 Å². The van der Waals surface area contributed by atoms with Crippen LogP contribution in [0.4, 0.5) is 0 Å². The van der Waals surface area contributed by atoms with E-state index in [9.17, 15) is 18.0 Å². The van der Waals surface area contributed by atoms with Gasteiger partial charge in [-0.3, -0.25) is 9.59 Å². The first-order valence-electron chi connectivity index (χ1n) is 9.78. The normalized spacial score (nSPS) is 18.3. The standard InChI is InChI=1S/C20H27N3O4S/c1-3-4-9-21-20(25)17-12-22-18-8-7-15(11-16(18)19(17)24)28(26,27)23-10-5-6-14(2)13-23/h7-8,11-12,14H,3-6,9-10,13H2,1-2H3,(H,21,25)(H,22,24)/t14-/m1/s1. The molecule has 0 aliphatic carbocycles. The predicted octanol–water partition coefficient (Wildman–Crippen LogP) is 2.48. The van der Waals surface area contributed by atoms with E-state index in [2.05, 4.69) is 10.3 Å².